The minimum absolute atomic E-state index is 0.166. The van der Waals surface area contributed by atoms with Gasteiger partial charge in [-0.3, -0.25) is 0 Å². The minimum Gasteiger partial charge on any atom is -0.478 e. The highest BCUT2D eigenvalue weighted by atomic mass is 16.6. The predicted octanol–water partition coefficient (Wildman–Crippen LogP) is 0.985. The van der Waals surface area contributed by atoms with Gasteiger partial charge in [-0.2, -0.15) is 0 Å². The Kier molecular flexibility index (Phi) is 1.59. The van der Waals surface area contributed by atoms with E-state index in [9.17, 15) is 14.7 Å². The summed E-state index contributed by atoms with van der Waals surface area (Å²) in [6, 6.07) is 0. The van der Waals surface area contributed by atoms with E-state index in [1.807, 2.05) is 6.08 Å². The Hall–Kier alpha value is -1.36. The van der Waals surface area contributed by atoms with E-state index >= 15 is 0 Å². The van der Waals surface area contributed by atoms with Gasteiger partial charge >= 0.3 is 11.9 Å². The molecule has 5 heteroatoms. The van der Waals surface area contributed by atoms with Crippen LogP contribution in [0.15, 0.2) is 11.6 Å². The van der Waals surface area contributed by atoms with E-state index in [-0.39, 0.29) is 35.2 Å². The maximum Gasteiger partial charge on any atom is 0.341 e. The van der Waals surface area contributed by atoms with Gasteiger partial charge in [-0.25, -0.2) is 9.59 Å². The zero-order chi connectivity index (χ0) is 13.9. The standard InChI is InChI=1S/C15H16O5/c1-13-3-9(13)8-2-7(11(16)17)10-4-19-12(18)15(6-20-15)14(8,10)5-13/h2,8-10H,3-6H2,1H3,(H,16,17)/t8-,9+,10+,13-,14-,15-/m1/s1. The molecule has 5 aliphatic rings. The van der Waals surface area contributed by atoms with E-state index in [0.29, 0.717) is 18.1 Å². The average molecular weight is 276 g/mol. The van der Waals surface area contributed by atoms with Crippen LogP contribution in [0.25, 0.3) is 0 Å². The van der Waals surface area contributed by atoms with Crippen LogP contribution in [-0.4, -0.2) is 35.9 Å². The molecule has 2 saturated heterocycles. The van der Waals surface area contributed by atoms with E-state index in [4.69, 9.17) is 9.47 Å². The Morgan fingerprint density at radius 2 is 2.25 bits per heavy atom. The molecule has 0 aromatic heterocycles. The van der Waals surface area contributed by atoms with Crippen molar-refractivity contribution < 1.29 is 24.2 Å². The number of hydrogen-bond acceptors (Lipinski definition) is 4. The van der Waals surface area contributed by atoms with Crippen LogP contribution in [0.2, 0.25) is 0 Å². The van der Waals surface area contributed by atoms with E-state index in [1.54, 1.807) is 0 Å². The van der Waals surface area contributed by atoms with Crippen molar-refractivity contribution in [1.82, 2.24) is 0 Å². The summed E-state index contributed by atoms with van der Waals surface area (Å²) in [5.41, 5.74) is -0.510. The van der Waals surface area contributed by atoms with Gasteiger partial charge < -0.3 is 14.6 Å². The van der Waals surface area contributed by atoms with Crippen LogP contribution in [0, 0.1) is 28.6 Å². The van der Waals surface area contributed by atoms with Crippen molar-refractivity contribution in [3.63, 3.8) is 0 Å². The largest absolute Gasteiger partial charge is 0.478 e. The van der Waals surface area contributed by atoms with Crippen molar-refractivity contribution in [2.24, 2.45) is 28.6 Å². The maximum absolute atomic E-state index is 12.2. The zero-order valence-corrected chi connectivity index (χ0v) is 11.2. The molecule has 2 aliphatic heterocycles. The smallest absolute Gasteiger partial charge is 0.341 e. The van der Waals surface area contributed by atoms with Gasteiger partial charge in [-0.1, -0.05) is 13.0 Å². The molecular weight excluding hydrogens is 260 g/mol. The number of fused-ring (bicyclic) bond motifs is 2. The fourth-order valence-electron chi connectivity index (χ4n) is 5.64. The highest BCUT2D eigenvalue weighted by Crippen LogP contribution is 2.81. The molecule has 0 unspecified atom stereocenters. The summed E-state index contributed by atoms with van der Waals surface area (Å²) in [5, 5.41) is 9.47. The number of aliphatic carboxylic acids is 1. The number of allylic oxidation sites excluding steroid dienone is 1. The lowest BCUT2D eigenvalue weighted by Crippen LogP contribution is -2.57. The van der Waals surface area contributed by atoms with E-state index in [0.717, 1.165) is 12.8 Å². The number of hydrogen-bond donors (Lipinski definition) is 1. The molecule has 2 heterocycles. The summed E-state index contributed by atoms with van der Waals surface area (Å²) in [6.45, 7) is 2.84. The van der Waals surface area contributed by atoms with Crippen molar-refractivity contribution in [3.8, 4) is 0 Å². The molecule has 6 atom stereocenters. The van der Waals surface area contributed by atoms with Crippen molar-refractivity contribution in [3.05, 3.63) is 11.6 Å². The Bertz CT molecular complexity index is 603. The third-order valence-electron chi connectivity index (χ3n) is 6.64. The summed E-state index contributed by atoms with van der Waals surface area (Å²) < 4.78 is 10.9. The molecule has 1 N–H and O–H groups in total. The fourth-order valence-corrected chi connectivity index (χ4v) is 5.64. The van der Waals surface area contributed by atoms with Gasteiger partial charge in [0.2, 0.25) is 0 Å². The minimum atomic E-state index is -0.875. The van der Waals surface area contributed by atoms with Gasteiger partial charge in [-0.05, 0) is 30.1 Å². The maximum atomic E-state index is 12.2. The summed E-state index contributed by atoms with van der Waals surface area (Å²) in [4.78, 5) is 23.8. The molecule has 2 saturated carbocycles. The third-order valence-corrected chi connectivity index (χ3v) is 6.64. The Morgan fingerprint density at radius 3 is 2.90 bits per heavy atom. The average Bonchev–Trinajstić information content (AvgIpc) is 3.24. The number of carbonyl (C=O) groups excluding carboxylic acids is 1. The quantitative estimate of drug-likeness (QED) is 0.571. The topological polar surface area (TPSA) is 76.1 Å². The molecule has 0 radical (unpaired) electrons. The lowest BCUT2D eigenvalue weighted by atomic mass is 9.59. The number of epoxide rings is 1. The lowest BCUT2D eigenvalue weighted by molar-refractivity contribution is -0.175. The van der Waals surface area contributed by atoms with Gasteiger partial charge in [0.05, 0.1) is 13.2 Å². The molecule has 106 valence electrons. The molecule has 3 aliphatic carbocycles. The molecule has 0 amide bonds. The Balaban J connectivity index is 1.71. The van der Waals surface area contributed by atoms with Gasteiger partial charge in [0.1, 0.15) is 0 Å². The zero-order valence-electron chi connectivity index (χ0n) is 11.2. The van der Waals surface area contributed by atoms with Crippen LogP contribution >= 0.6 is 0 Å². The summed E-state index contributed by atoms with van der Waals surface area (Å²) >= 11 is 0. The second-order valence-corrected chi connectivity index (χ2v) is 7.40. The second kappa shape index (κ2) is 2.82. The molecule has 2 spiro atoms. The first-order chi connectivity index (χ1) is 9.45. The van der Waals surface area contributed by atoms with Crippen LogP contribution in [-0.2, 0) is 19.1 Å². The van der Waals surface area contributed by atoms with Crippen LogP contribution in [0.5, 0.6) is 0 Å². The van der Waals surface area contributed by atoms with Crippen molar-refractivity contribution in [1.29, 1.82) is 0 Å². The summed E-state index contributed by atoms with van der Waals surface area (Å²) in [7, 11) is 0. The third kappa shape index (κ3) is 0.917. The Labute approximate surface area is 115 Å². The fraction of sp³-hybridized carbons (Fsp3) is 0.733. The number of rotatable bonds is 1. The summed E-state index contributed by atoms with van der Waals surface area (Å²) in [5.74, 6) is -0.675. The lowest BCUT2D eigenvalue weighted by Gasteiger charge is -2.45. The molecule has 0 bridgehead atoms. The highest BCUT2D eigenvalue weighted by Gasteiger charge is 2.84. The molecule has 5 nitrogen and oxygen atoms in total. The highest BCUT2D eigenvalue weighted by molar-refractivity contribution is 5.92. The van der Waals surface area contributed by atoms with Crippen LogP contribution in [0.4, 0.5) is 0 Å². The normalized spacial score (nSPS) is 57.5. The number of carbonyl (C=O) groups is 2. The Morgan fingerprint density at radius 1 is 1.50 bits per heavy atom. The number of esters is 1. The van der Waals surface area contributed by atoms with E-state index < -0.39 is 11.6 Å². The monoisotopic (exact) mass is 276 g/mol. The number of carboxylic acid groups (broad SMARTS) is 1. The number of carboxylic acids is 1. The SMILES string of the molecule is C[C@]12C[C@H]1[C@H]1C=C(C(=O)O)[C@@H]3COC(=O)[C@]4(CO4)[C@]13C2. The molecular formula is C15H16O5. The van der Waals surface area contributed by atoms with E-state index in [2.05, 4.69) is 6.92 Å². The van der Waals surface area contributed by atoms with Gasteiger partial charge in [0.15, 0.2) is 5.60 Å². The van der Waals surface area contributed by atoms with Crippen molar-refractivity contribution >= 4 is 11.9 Å². The first kappa shape index (κ1) is 11.3. The van der Waals surface area contributed by atoms with Crippen LogP contribution < -0.4 is 0 Å². The predicted molar refractivity (Wildman–Crippen MR) is 65.6 cm³/mol. The van der Waals surface area contributed by atoms with E-state index in [1.165, 1.54) is 0 Å². The van der Waals surface area contributed by atoms with Gasteiger partial charge in [0, 0.05) is 16.9 Å². The van der Waals surface area contributed by atoms with Crippen molar-refractivity contribution in [2.75, 3.05) is 13.2 Å². The number of ether oxygens (including phenoxy) is 2. The molecule has 4 fully saturated rings. The van der Waals surface area contributed by atoms with Crippen LogP contribution in [0.1, 0.15) is 19.8 Å². The summed E-state index contributed by atoms with van der Waals surface area (Å²) in [6.07, 6.45) is 3.95. The van der Waals surface area contributed by atoms with Crippen LogP contribution in [0.3, 0.4) is 0 Å². The molecule has 20 heavy (non-hydrogen) atoms. The van der Waals surface area contributed by atoms with Crippen molar-refractivity contribution in [2.45, 2.75) is 25.4 Å². The van der Waals surface area contributed by atoms with Gasteiger partial charge in [-0.15, -0.1) is 0 Å². The van der Waals surface area contributed by atoms with Gasteiger partial charge in [0.25, 0.3) is 0 Å². The first-order valence-electron chi connectivity index (χ1n) is 7.21. The molecule has 5 rings (SSSR count). The first-order valence-corrected chi connectivity index (χ1v) is 7.21. The molecule has 0 aromatic carbocycles. The molecule has 0 aromatic rings. The second-order valence-electron chi connectivity index (χ2n) is 7.40. The number of cyclic esters (lactones) is 1.